The molecule has 0 saturated carbocycles. The van der Waals surface area contributed by atoms with Crippen LogP contribution in [0.1, 0.15) is 13.3 Å². The van der Waals surface area contributed by atoms with Crippen molar-refractivity contribution in [3.63, 3.8) is 0 Å². The van der Waals surface area contributed by atoms with Crippen LogP contribution in [0, 0.1) is 10.1 Å². The molecule has 0 aliphatic rings. The van der Waals surface area contributed by atoms with E-state index in [0.717, 1.165) is 0 Å². The van der Waals surface area contributed by atoms with Crippen LogP contribution in [0.2, 0.25) is 0 Å². The molecule has 0 radical (unpaired) electrons. The lowest BCUT2D eigenvalue weighted by Gasteiger charge is -2.03. The average Bonchev–Trinajstić information content (AvgIpc) is 2.36. The van der Waals surface area contributed by atoms with Crippen molar-refractivity contribution in [3.05, 3.63) is 34.4 Å². The lowest BCUT2D eigenvalue weighted by molar-refractivity contribution is -0.387. The number of esters is 1. The van der Waals surface area contributed by atoms with Crippen LogP contribution in [0.25, 0.3) is 0 Å². The Bertz CT molecular complexity index is 474. The molecule has 0 aliphatic carbocycles. The summed E-state index contributed by atoms with van der Waals surface area (Å²) in [6.07, 6.45) is -0.0213. The molecular formula is C11H13NO5S. The van der Waals surface area contributed by atoms with E-state index in [1.165, 1.54) is 18.2 Å². The van der Waals surface area contributed by atoms with Crippen molar-refractivity contribution in [1.29, 1.82) is 0 Å². The van der Waals surface area contributed by atoms with Crippen LogP contribution in [0.5, 0.6) is 0 Å². The minimum atomic E-state index is -1.58. The fourth-order valence-electron chi connectivity index (χ4n) is 1.32. The van der Waals surface area contributed by atoms with Crippen LogP contribution in [-0.4, -0.2) is 27.5 Å². The van der Waals surface area contributed by atoms with Gasteiger partial charge in [-0.3, -0.25) is 19.1 Å². The predicted molar refractivity (Wildman–Crippen MR) is 65.6 cm³/mol. The van der Waals surface area contributed by atoms with Crippen molar-refractivity contribution in [2.75, 3.05) is 12.4 Å². The second-order valence-corrected chi connectivity index (χ2v) is 4.87. The molecule has 18 heavy (non-hydrogen) atoms. The molecule has 0 amide bonds. The molecule has 0 fully saturated rings. The fraction of sp³-hybridized carbons (Fsp3) is 0.364. The molecule has 1 aromatic carbocycles. The first kappa shape index (κ1) is 14.3. The van der Waals surface area contributed by atoms with E-state index in [4.69, 9.17) is 4.74 Å². The molecule has 0 bridgehead atoms. The van der Waals surface area contributed by atoms with E-state index in [-0.39, 0.29) is 29.4 Å². The fourth-order valence-corrected chi connectivity index (χ4v) is 2.50. The van der Waals surface area contributed by atoms with Crippen LogP contribution in [-0.2, 0) is 20.3 Å². The Morgan fingerprint density at radius 2 is 2.11 bits per heavy atom. The molecule has 7 heteroatoms. The molecule has 0 aliphatic heterocycles. The number of rotatable bonds is 6. The van der Waals surface area contributed by atoms with Gasteiger partial charge in [-0.2, -0.15) is 0 Å². The molecule has 1 rings (SSSR count). The Kier molecular flexibility index (Phi) is 5.44. The van der Waals surface area contributed by atoms with Gasteiger partial charge in [-0.1, -0.05) is 12.1 Å². The quantitative estimate of drug-likeness (QED) is 0.446. The highest BCUT2D eigenvalue weighted by Gasteiger charge is 2.18. The second kappa shape index (κ2) is 6.85. The van der Waals surface area contributed by atoms with Gasteiger partial charge in [-0.15, -0.1) is 0 Å². The minimum absolute atomic E-state index is 0.0175. The van der Waals surface area contributed by atoms with Crippen LogP contribution >= 0.6 is 0 Å². The Morgan fingerprint density at radius 1 is 1.44 bits per heavy atom. The lowest BCUT2D eigenvalue weighted by atomic mass is 10.3. The SMILES string of the molecule is CCOC(=O)CCS(=O)c1ccccc1[N+](=O)[O-]. The topological polar surface area (TPSA) is 86.5 Å². The van der Waals surface area contributed by atoms with Crippen LogP contribution in [0.15, 0.2) is 29.2 Å². The number of carbonyl (C=O) groups is 1. The third-order valence-corrected chi connectivity index (χ3v) is 3.51. The third kappa shape index (κ3) is 3.92. The second-order valence-electron chi connectivity index (χ2n) is 3.33. The van der Waals surface area contributed by atoms with Gasteiger partial charge >= 0.3 is 5.97 Å². The van der Waals surface area contributed by atoms with E-state index in [1.807, 2.05) is 0 Å². The van der Waals surface area contributed by atoms with Gasteiger partial charge in [0.05, 0.1) is 28.8 Å². The van der Waals surface area contributed by atoms with Crippen LogP contribution in [0.4, 0.5) is 5.69 Å². The number of nitro groups is 1. The van der Waals surface area contributed by atoms with Crippen molar-refractivity contribution < 1.29 is 18.7 Å². The van der Waals surface area contributed by atoms with Gasteiger partial charge in [0.25, 0.3) is 5.69 Å². The van der Waals surface area contributed by atoms with Gasteiger partial charge in [-0.05, 0) is 13.0 Å². The summed E-state index contributed by atoms with van der Waals surface area (Å²) < 4.78 is 16.6. The highest BCUT2D eigenvalue weighted by atomic mass is 32.2. The molecule has 98 valence electrons. The number of hydrogen-bond acceptors (Lipinski definition) is 5. The zero-order valence-corrected chi connectivity index (χ0v) is 10.6. The van der Waals surface area contributed by atoms with Gasteiger partial charge in [0, 0.05) is 11.8 Å². The van der Waals surface area contributed by atoms with Gasteiger partial charge in [0.2, 0.25) is 0 Å². The minimum Gasteiger partial charge on any atom is -0.466 e. The summed E-state index contributed by atoms with van der Waals surface area (Å²) in [6, 6.07) is 5.80. The lowest BCUT2D eigenvalue weighted by Crippen LogP contribution is -2.10. The summed E-state index contributed by atoms with van der Waals surface area (Å²) in [5, 5.41) is 10.7. The summed E-state index contributed by atoms with van der Waals surface area (Å²) in [5.74, 6) is -0.437. The number of hydrogen-bond donors (Lipinski definition) is 0. The van der Waals surface area contributed by atoms with E-state index in [0.29, 0.717) is 0 Å². The van der Waals surface area contributed by atoms with Gasteiger partial charge in [-0.25, -0.2) is 0 Å². The maximum Gasteiger partial charge on any atom is 0.306 e. The van der Waals surface area contributed by atoms with Crippen molar-refractivity contribution in [3.8, 4) is 0 Å². The number of nitrogens with zero attached hydrogens (tertiary/aromatic N) is 1. The third-order valence-electron chi connectivity index (χ3n) is 2.10. The van der Waals surface area contributed by atoms with E-state index in [9.17, 15) is 19.1 Å². The van der Waals surface area contributed by atoms with E-state index in [1.54, 1.807) is 13.0 Å². The normalized spacial score (nSPS) is 11.8. The largest absolute Gasteiger partial charge is 0.466 e. The monoisotopic (exact) mass is 271 g/mol. The molecular weight excluding hydrogens is 258 g/mol. The maximum absolute atomic E-state index is 11.9. The standard InChI is InChI=1S/C11H13NO5S/c1-2-17-11(13)7-8-18(16)10-6-4-3-5-9(10)12(14)15/h3-6H,2,7-8H2,1H3. The Labute approximate surface area is 107 Å². The zero-order valence-electron chi connectivity index (χ0n) is 9.83. The molecule has 0 saturated heterocycles. The molecule has 1 atom stereocenters. The van der Waals surface area contributed by atoms with Gasteiger partial charge in [0.15, 0.2) is 0 Å². The first-order valence-electron chi connectivity index (χ1n) is 5.33. The predicted octanol–water partition coefficient (Wildman–Crippen LogP) is 1.66. The van der Waals surface area contributed by atoms with Gasteiger partial charge < -0.3 is 4.74 Å². The molecule has 0 N–H and O–H groups in total. The summed E-state index contributed by atoms with van der Waals surface area (Å²) in [4.78, 5) is 21.4. The molecule has 0 heterocycles. The highest BCUT2D eigenvalue weighted by Crippen LogP contribution is 2.21. The molecule has 0 aromatic heterocycles. The number of carbonyl (C=O) groups excluding carboxylic acids is 1. The number of nitro benzene ring substituents is 1. The zero-order chi connectivity index (χ0) is 13.5. The molecule has 0 spiro atoms. The molecule has 1 aromatic rings. The van der Waals surface area contributed by atoms with Crippen LogP contribution < -0.4 is 0 Å². The Balaban J connectivity index is 2.73. The van der Waals surface area contributed by atoms with Crippen molar-refractivity contribution in [2.24, 2.45) is 0 Å². The first-order chi connectivity index (χ1) is 8.56. The maximum atomic E-state index is 11.9. The smallest absolute Gasteiger partial charge is 0.306 e. The number of para-hydroxylation sites is 1. The Hall–Kier alpha value is -1.76. The van der Waals surface area contributed by atoms with E-state index >= 15 is 0 Å². The summed E-state index contributed by atoms with van der Waals surface area (Å²) >= 11 is 0. The Morgan fingerprint density at radius 3 is 2.72 bits per heavy atom. The number of ether oxygens (including phenoxy) is 1. The number of benzene rings is 1. The summed E-state index contributed by atoms with van der Waals surface area (Å²) in [6.45, 7) is 1.94. The van der Waals surface area contributed by atoms with Crippen molar-refractivity contribution >= 4 is 22.5 Å². The van der Waals surface area contributed by atoms with Crippen molar-refractivity contribution in [1.82, 2.24) is 0 Å². The average molecular weight is 271 g/mol. The highest BCUT2D eigenvalue weighted by molar-refractivity contribution is 7.85. The van der Waals surface area contributed by atoms with E-state index in [2.05, 4.69) is 0 Å². The van der Waals surface area contributed by atoms with Gasteiger partial charge in [0.1, 0.15) is 4.90 Å². The summed E-state index contributed by atoms with van der Waals surface area (Å²) in [5.41, 5.74) is -0.195. The van der Waals surface area contributed by atoms with E-state index < -0.39 is 21.7 Å². The first-order valence-corrected chi connectivity index (χ1v) is 6.65. The van der Waals surface area contributed by atoms with Crippen LogP contribution in [0.3, 0.4) is 0 Å². The summed E-state index contributed by atoms with van der Waals surface area (Å²) in [7, 11) is -1.58. The molecule has 1 unspecified atom stereocenters. The van der Waals surface area contributed by atoms with Crippen molar-refractivity contribution in [2.45, 2.75) is 18.2 Å². The molecule has 6 nitrogen and oxygen atoms in total.